The van der Waals surface area contributed by atoms with E-state index in [-0.39, 0.29) is 11.9 Å². The summed E-state index contributed by atoms with van der Waals surface area (Å²) in [6.07, 6.45) is 5.50. The van der Waals surface area contributed by atoms with Gasteiger partial charge in [0.15, 0.2) is 0 Å². The Morgan fingerprint density at radius 2 is 1.62 bits per heavy atom. The highest BCUT2D eigenvalue weighted by Gasteiger charge is 2.22. The molecule has 0 aliphatic carbocycles. The minimum Gasteiger partial charge on any atom is -0.348 e. The lowest BCUT2D eigenvalue weighted by molar-refractivity contribution is 0.0904. The second-order valence-corrected chi connectivity index (χ2v) is 8.33. The fraction of sp³-hybridized carbons (Fsp3) is 0.222. The molecule has 1 saturated heterocycles. The quantitative estimate of drug-likeness (QED) is 0.507. The van der Waals surface area contributed by atoms with E-state index in [2.05, 4.69) is 39.5 Å². The lowest BCUT2D eigenvalue weighted by Crippen LogP contribution is -2.44. The largest absolute Gasteiger partial charge is 0.348 e. The van der Waals surface area contributed by atoms with Crippen molar-refractivity contribution in [1.82, 2.24) is 20.2 Å². The minimum absolute atomic E-state index is 0.107. The van der Waals surface area contributed by atoms with E-state index in [9.17, 15) is 4.79 Å². The van der Waals surface area contributed by atoms with Crippen LogP contribution in [0.4, 0.5) is 0 Å². The van der Waals surface area contributed by atoms with Crippen LogP contribution in [0.5, 0.6) is 0 Å². The van der Waals surface area contributed by atoms with Crippen LogP contribution in [-0.2, 0) is 6.54 Å². The van der Waals surface area contributed by atoms with Gasteiger partial charge in [0, 0.05) is 49.0 Å². The van der Waals surface area contributed by atoms with E-state index in [1.54, 1.807) is 12.3 Å². The van der Waals surface area contributed by atoms with Crippen LogP contribution >= 0.6 is 0 Å². The molecule has 5 heteroatoms. The Balaban J connectivity index is 1.26. The van der Waals surface area contributed by atoms with E-state index in [0.717, 1.165) is 54.5 Å². The molecule has 0 atom stereocenters. The first-order chi connectivity index (χ1) is 15.8. The van der Waals surface area contributed by atoms with Gasteiger partial charge in [-0.3, -0.25) is 14.7 Å². The molecule has 0 radical (unpaired) electrons. The van der Waals surface area contributed by atoms with E-state index in [1.165, 1.54) is 5.56 Å². The molecule has 5 rings (SSSR count). The summed E-state index contributed by atoms with van der Waals surface area (Å²) in [5, 5.41) is 4.13. The predicted octanol–water partition coefficient (Wildman–Crippen LogP) is 4.69. The van der Waals surface area contributed by atoms with Gasteiger partial charge in [-0.1, -0.05) is 60.7 Å². The fourth-order valence-corrected chi connectivity index (χ4v) is 4.33. The summed E-state index contributed by atoms with van der Waals surface area (Å²) in [5.74, 6) is -0.107. The van der Waals surface area contributed by atoms with E-state index >= 15 is 0 Å². The number of likely N-dealkylation sites (tertiary alicyclic amines) is 1. The fourth-order valence-electron chi connectivity index (χ4n) is 4.33. The van der Waals surface area contributed by atoms with E-state index < -0.39 is 0 Å². The number of carbonyl (C=O) groups is 1. The topological polar surface area (TPSA) is 58.1 Å². The van der Waals surface area contributed by atoms with Crippen LogP contribution in [0.25, 0.3) is 22.0 Å². The van der Waals surface area contributed by atoms with Gasteiger partial charge in [-0.05, 0) is 36.1 Å². The maximum Gasteiger partial charge on any atom is 0.270 e. The van der Waals surface area contributed by atoms with Gasteiger partial charge in [0.05, 0.1) is 5.52 Å². The van der Waals surface area contributed by atoms with Gasteiger partial charge in [-0.2, -0.15) is 0 Å². The Labute approximate surface area is 188 Å². The molecule has 1 N–H and O–H groups in total. The zero-order valence-electron chi connectivity index (χ0n) is 17.9. The minimum atomic E-state index is -0.107. The number of fused-ring (bicyclic) bond motifs is 1. The van der Waals surface area contributed by atoms with Crippen LogP contribution in [0.1, 0.15) is 28.9 Å². The molecule has 1 aliphatic rings. The third-order valence-electron chi connectivity index (χ3n) is 6.09. The van der Waals surface area contributed by atoms with Crippen molar-refractivity contribution in [3.8, 4) is 11.1 Å². The van der Waals surface area contributed by atoms with Crippen molar-refractivity contribution in [3.05, 3.63) is 96.4 Å². The van der Waals surface area contributed by atoms with E-state index in [0.29, 0.717) is 5.69 Å². The summed E-state index contributed by atoms with van der Waals surface area (Å²) >= 11 is 0. The molecular weight excluding hydrogens is 396 g/mol. The number of benzene rings is 2. The van der Waals surface area contributed by atoms with Crippen LogP contribution in [0.2, 0.25) is 0 Å². The second kappa shape index (κ2) is 9.28. The first-order valence-electron chi connectivity index (χ1n) is 11.1. The van der Waals surface area contributed by atoms with Crippen molar-refractivity contribution >= 4 is 16.8 Å². The van der Waals surface area contributed by atoms with Crippen molar-refractivity contribution in [2.45, 2.75) is 25.4 Å². The Morgan fingerprint density at radius 1 is 0.906 bits per heavy atom. The zero-order chi connectivity index (χ0) is 21.8. The number of hydrogen-bond acceptors (Lipinski definition) is 4. The van der Waals surface area contributed by atoms with Crippen LogP contribution in [0, 0.1) is 0 Å². The van der Waals surface area contributed by atoms with Crippen LogP contribution in [-0.4, -0.2) is 39.9 Å². The van der Waals surface area contributed by atoms with E-state index in [1.807, 2.05) is 48.7 Å². The third kappa shape index (κ3) is 4.53. The number of rotatable bonds is 5. The highest BCUT2D eigenvalue weighted by Crippen LogP contribution is 2.26. The summed E-state index contributed by atoms with van der Waals surface area (Å²) in [6.45, 7) is 2.92. The normalized spacial score (nSPS) is 15.0. The summed E-state index contributed by atoms with van der Waals surface area (Å²) < 4.78 is 0. The number of aromatic nitrogens is 2. The molecule has 4 aromatic rings. The van der Waals surface area contributed by atoms with Gasteiger partial charge in [0.25, 0.3) is 5.91 Å². The molecule has 0 bridgehead atoms. The smallest absolute Gasteiger partial charge is 0.270 e. The lowest BCUT2D eigenvalue weighted by Gasteiger charge is -2.32. The number of pyridine rings is 2. The van der Waals surface area contributed by atoms with E-state index in [4.69, 9.17) is 4.98 Å². The van der Waals surface area contributed by atoms with Gasteiger partial charge in [-0.15, -0.1) is 0 Å². The summed E-state index contributed by atoms with van der Waals surface area (Å²) in [6, 6.07) is 24.5. The average molecular weight is 423 g/mol. The van der Waals surface area contributed by atoms with Gasteiger partial charge in [0.1, 0.15) is 5.69 Å². The van der Waals surface area contributed by atoms with Crippen molar-refractivity contribution < 1.29 is 4.79 Å². The van der Waals surface area contributed by atoms with Gasteiger partial charge in [-0.25, -0.2) is 4.98 Å². The molecule has 2 aromatic heterocycles. The summed E-state index contributed by atoms with van der Waals surface area (Å²) in [7, 11) is 0. The maximum atomic E-state index is 13.0. The second-order valence-electron chi connectivity index (χ2n) is 8.33. The van der Waals surface area contributed by atoms with Crippen LogP contribution < -0.4 is 5.32 Å². The Kier molecular flexibility index (Phi) is 5.90. The number of piperidine rings is 1. The summed E-state index contributed by atoms with van der Waals surface area (Å²) in [4.78, 5) is 24.5. The van der Waals surface area contributed by atoms with Gasteiger partial charge in [0.2, 0.25) is 0 Å². The number of hydrogen-bond donors (Lipinski definition) is 1. The molecule has 1 aliphatic heterocycles. The lowest BCUT2D eigenvalue weighted by atomic mass is 10.0. The standard InChI is InChI=1S/C27H26N4O/c32-27(29-23-13-15-31(16-14-23)19-20-7-3-1-4-8-20)25-12-11-22-17-28-18-24(26(22)30-25)21-9-5-2-6-10-21/h1-12,17-18,23H,13-16,19H2,(H,29,32). The first-order valence-corrected chi connectivity index (χ1v) is 11.1. The van der Waals surface area contributed by atoms with Crippen LogP contribution in [0.15, 0.2) is 85.2 Å². The van der Waals surface area contributed by atoms with Crippen molar-refractivity contribution in [3.63, 3.8) is 0 Å². The molecule has 1 amide bonds. The highest BCUT2D eigenvalue weighted by atomic mass is 16.1. The summed E-state index contributed by atoms with van der Waals surface area (Å²) in [5.41, 5.74) is 4.57. The number of carbonyl (C=O) groups excluding carboxylic acids is 1. The molecule has 1 fully saturated rings. The Hall–Kier alpha value is -3.57. The molecule has 3 heterocycles. The average Bonchev–Trinajstić information content (AvgIpc) is 2.86. The Bertz CT molecular complexity index is 1200. The SMILES string of the molecule is O=C(NC1CCN(Cc2ccccc2)CC1)c1ccc2cncc(-c3ccccc3)c2n1. The van der Waals surface area contributed by atoms with Gasteiger partial charge < -0.3 is 5.32 Å². The molecule has 5 nitrogen and oxygen atoms in total. The number of nitrogens with one attached hydrogen (secondary N) is 1. The zero-order valence-corrected chi connectivity index (χ0v) is 17.9. The molecule has 160 valence electrons. The molecule has 0 saturated carbocycles. The maximum absolute atomic E-state index is 13.0. The monoisotopic (exact) mass is 422 g/mol. The van der Waals surface area contributed by atoms with Crippen molar-refractivity contribution in [2.75, 3.05) is 13.1 Å². The molecule has 0 spiro atoms. The molecular formula is C27H26N4O. The molecule has 2 aromatic carbocycles. The van der Waals surface area contributed by atoms with Gasteiger partial charge >= 0.3 is 0 Å². The third-order valence-corrected chi connectivity index (χ3v) is 6.09. The van der Waals surface area contributed by atoms with Crippen molar-refractivity contribution in [2.24, 2.45) is 0 Å². The van der Waals surface area contributed by atoms with Crippen LogP contribution in [0.3, 0.4) is 0 Å². The number of nitrogens with zero attached hydrogens (tertiary/aromatic N) is 3. The highest BCUT2D eigenvalue weighted by molar-refractivity contribution is 5.98. The molecule has 0 unspecified atom stereocenters. The predicted molar refractivity (Wildman–Crippen MR) is 127 cm³/mol. The van der Waals surface area contributed by atoms with Crippen molar-refractivity contribution in [1.29, 1.82) is 0 Å². The first kappa shape index (κ1) is 20.3. The molecule has 32 heavy (non-hydrogen) atoms. The number of amides is 1. The Morgan fingerprint density at radius 3 is 2.38 bits per heavy atom.